The zero-order chi connectivity index (χ0) is 15.4. The molecule has 1 aliphatic carbocycles. The maximum Gasteiger partial charge on any atom is 0.251 e. The van der Waals surface area contributed by atoms with E-state index in [2.05, 4.69) is 41.2 Å². The first-order valence-corrected chi connectivity index (χ1v) is 8.52. The van der Waals surface area contributed by atoms with Crippen molar-refractivity contribution >= 4 is 21.8 Å². The molecule has 0 aliphatic heterocycles. The lowest BCUT2D eigenvalue weighted by Crippen LogP contribution is -2.26. The number of hydrogen-bond donors (Lipinski definition) is 1. The van der Waals surface area contributed by atoms with Crippen molar-refractivity contribution in [3.8, 4) is 0 Å². The predicted octanol–water partition coefficient (Wildman–Crippen LogP) is 4.99. The normalized spacial score (nSPS) is 14.8. The molecule has 0 radical (unpaired) electrons. The Hall–Kier alpha value is -1.09. The quantitative estimate of drug-likeness (QED) is 0.761. The highest BCUT2D eigenvalue weighted by molar-refractivity contribution is 9.10. The molecular weight excluding hydrogens is 326 g/mol. The highest BCUT2D eigenvalue weighted by Crippen LogP contribution is 2.26. The predicted molar refractivity (Wildman–Crippen MR) is 91.9 cm³/mol. The maximum absolute atomic E-state index is 12.4. The minimum Gasteiger partial charge on any atom is -0.352 e. The third-order valence-electron chi connectivity index (χ3n) is 4.52. The van der Waals surface area contributed by atoms with Gasteiger partial charge in [-0.3, -0.25) is 4.79 Å². The van der Waals surface area contributed by atoms with Gasteiger partial charge in [-0.1, -0.05) is 27.6 Å². The summed E-state index contributed by atoms with van der Waals surface area (Å²) in [5.74, 6) is 0.0349. The van der Waals surface area contributed by atoms with Crippen molar-refractivity contribution in [3.05, 3.63) is 44.4 Å². The van der Waals surface area contributed by atoms with E-state index in [9.17, 15) is 4.79 Å². The largest absolute Gasteiger partial charge is 0.352 e. The lowest BCUT2D eigenvalue weighted by atomic mass is 9.97. The molecule has 3 heteroatoms. The Labute approximate surface area is 136 Å². The Morgan fingerprint density at radius 3 is 2.62 bits per heavy atom. The van der Waals surface area contributed by atoms with Crippen molar-refractivity contribution in [2.45, 2.75) is 52.9 Å². The lowest BCUT2D eigenvalue weighted by molar-refractivity contribution is 0.0953. The second-order valence-electron chi connectivity index (χ2n) is 5.90. The molecule has 1 amide bonds. The number of allylic oxidation sites excluding steroid dienone is 1. The number of rotatable bonds is 4. The van der Waals surface area contributed by atoms with Gasteiger partial charge in [0.05, 0.1) is 0 Å². The summed E-state index contributed by atoms with van der Waals surface area (Å²) in [7, 11) is 0. The molecule has 0 unspecified atom stereocenters. The molecule has 2 nitrogen and oxygen atoms in total. The fourth-order valence-corrected chi connectivity index (χ4v) is 3.33. The van der Waals surface area contributed by atoms with Crippen LogP contribution in [0.2, 0.25) is 0 Å². The summed E-state index contributed by atoms with van der Waals surface area (Å²) in [5.41, 5.74) is 5.74. The molecule has 0 atom stereocenters. The fourth-order valence-electron chi connectivity index (χ4n) is 2.80. The summed E-state index contributed by atoms with van der Waals surface area (Å²) < 4.78 is 1.01. The third-order valence-corrected chi connectivity index (χ3v) is 5.34. The molecule has 1 N–H and O–H groups in total. The minimum absolute atomic E-state index is 0.0349. The monoisotopic (exact) mass is 349 g/mol. The van der Waals surface area contributed by atoms with Crippen molar-refractivity contribution in [3.63, 3.8) is 0 Å². The average molecular weight is 350 g/mol. The second kappa shape index (κ2) is 7.26. The summed E-state index contributed by atoms with van der Waals surface area (Å²) >= 11 is 3.54. The Balaban J connectivity index is 1.99. The van der Waals surface area contributed by atoms with Crippen LogP contribution < -0.4 is 5.32 Å². The van der Waals surface area contributed by atoms with E-state index < -0.39 is 0 Å². The molecule has 2 rings (SSSR count). The van der Waals surface area contributed by atoms with Crippen molar-refractivity contribution in [2.75, 3.05) is 6.54 Å². The summed E-state index contributed by atoms with van der Waals surface area (Å²) in [4.78, 5) is 12.4. The first-order chi connectivity index (χ1) is 10.0. The molecule has 0 bridgehead atoms. The number of carbonyl (C=O) groups is 1. The Kier molecular flexibility index (Phi) is 5.63. The summed E-state index contributed by atoms with van der Waals surface area (Å²) in [5, 5.41) is 3.06. The first-order valence-electron chi connectivity index (χ1n) is 7.73. The van der Waals surface area contributed by atoms with E-state index in [1.807, 2.05) is 13.0 Å². The molecule has 114 valence electrons. The molecule has 1 aliphatic rings. The molecule has 1 aromatic carbocycles. The first kappa shape index (κ1) is 16.3. The molecule has 0 heterocycles. The lowest BCUT2D eigenvalue weighted by Gasteiger charge is -2.15. The highest BCUT2D eigenvalue weighted by atomic mass is 79.9. The van der Waals surface area contributed by atoms with Gasteiger partial charge in [0, 0.05) is 16.6 Å². The summed E-state index contributed by atoms with van der Waals surface area (Å²) in [6.45, 7) is 6.89. The molecule has 1 aromatic rings. The maximum atomic E-state index is 12.4. The molecule has 0 spiro atoms. The Morgan fingerprint density at radius 2 is 1.95 bits per heavy atom. The van der Waals surface area contributed by atoms with Crippen LogP contribution in [0.25, 0.3) is 0 Å². The van der Waals surface area contributed by atoms with Gasteiger partial charge in [-0.2, -0.15) is 0 Å². The molecule has 0 aromatic heterocycles. The van der Waals surface area contributed by atoms with Crippen LogP contribution in [0.3, 0.4) is 0 Å². The van der Waals surface area contributed by atoms with Crippen LogP contribution in [0.4, 0.5) is 0 Å². The van der Waals surface area contributed by atoms with Gasteiger partial charge in [0.2, 0.25) is 0 Å². The smallest absolute Gasteiger partial charge is 0.251 e. The number of hydrogen-bond acceptors (Lipinski definition) is 1. The van der Waals surface area contributed by atoms with Crippen LogP contribution in [0.5, 0.6) is 0 Å². The van der Waals surface area contributed by atoms with E-state index in [1.165, 1.54) is 42.4 Å². The van der Waals surface area contributed by atoms with E-state index >= 15 is 0 Å². The van der Waals surface area contributed by atoms with Crippen LogP contribution in [-0.2, 0) is 0 Å². The van der Waals surface area contributed by atoms with E-state index in [4.69, 9.17) is 0 Å². The van der Waals surface area contributed by atoms with Gasteiger partial charge < -0.3 is 5.32 Å². The van der Waals surface area contributed by atoms with Gasteiger partial charge in [-0.25, -0.2) is 0 Å². The second-order valence-corrected chi connectivity index (χ2v) is 6.75. The molecule has 0 saturated carbocycles. The zero-order valence-electron chi connectivity index (χ0n) is 13.2. The number of halogens is 1. The van der Waals surface area contributed by atoms with Crippen molar-refractivity contribution in [1.82, 2.24) is 5.32 Å². The van der Waals surface area contributed by atoms with E-state index in [0.29, 0.717) is 0 Å². The molecule has 0 fully saturated rings. The van der Waals surface area contributed by atoms with E-state index in [1.54, 1.807) is 0 Å². The zero-order valence-corrected chi connectivity index (χ0v) is 14.8. The van der Waals surface area contributed by atoms with Gasteiger partial charge in [0.25, 0.3) is 5.91 Å². The molecule has 21 heavy (non-hydrogen) atoms. The number of amides is 1. The van der Waals surface area contributed by atoms with Crippen molar-refractivity contribution < 1.29 is 4.79 Å². The molecule has 0 saturated heterocycles. The topological polar surface area (TPSA) is 29.1 Å². The van der Waals surface area contributed by atoms with Gasteiger partial charge in [-0.15, -0.1) is 0 Å². The minimum atomic E-state index is 0.0349. The number of benzene rings is 1. The van der Waals surface area contributed by atoms with E-state index in [-0.39, 0.29) is 5.91 Å². The van der Waals surface area contributed by atoms with Crippen LogP contribution in [-0.4, -0.2) is 12.5 Å². The van der Waals surface area contributed by atoms with Gasteiger partial charge in [-0.05, 0) is 75.6 Å². The van der Waals surface area contributed by atoms with Gasteiger partial charge in [0.1, 0.15) is 0 Å². The summed E-state index contributed by atoms with van der Waals surface area (Å²) in [6.07, 6.45) is 8.33. The Bertz CT molecular complexity index is 575. The van der Waals surface area contributed by atoms with Crippen LogP contribution in [0.15, 0.2) is 22.2 Å². The van der Waals surface area contributed by atoms with Crippen LogP contribution >= 0.6 is 15.9 Å². The van der Waals surface area contributed by atoms with E-state index in [0.717, 1.165) is 28.6 Å². The van der Waals surface area contributed by atoms with Gasteiger partial charge >= 0.3 is 0 Å². The van der Waals surface area contributed by atoms with Crippen molar-refractivity contribution in [1.29, 1.82) is 0 Å². The number of carbonyl (C=O) groups excluding carboxylic acids is 1. The van der Waals surface area contributed by atoms with Crippen molar-refractivity contribution in [2.24, 2.45) is 0 Å². The highest BCUT2D eigenvalue weighted by Gasteiger charge is 2.14. The SMILES string of the molecule is Cc1c(Br)cc(C(=O)NCCC2=CCCCC2)c(C)c1C. The van der Waals surface area contributed by atoms with Crippen LogP contribution in [0, 0.1) is 20.8 Å². The Morgan fingerprint density at radius 1 is 1.19 bits per heavy atom. The average Bonchev–Trinajstić information content (AvgIpc) is 2.49. The van der Waals surface area contributed by atoms with Gasteiger partial charge in [0.15, 0.2) is 0 Å². The standard InChI is InChI=1S/C18H24BrNO/c1-12-13(2)16(11-17(19)14(12)3)18(21)20-10-9-15-7-5-4-6-8-15/h7,11H,4-6,8-10H2,1-3H3,(H,20,21). The third kappa shape index (κ3) is 3.97. The fraction of sp³-hybridized carbons (Fsp3) is 0.500. The van der Waals surface area contributed by atoms with Crippen LogP contribution in [0.1, 0.15) is 59.2 Å². The molecular formula is C18H24BrNO. The summed E-state index contributed by atoms with van der Waals surface area (Å²) in [6, 6.07) is 1.94. The number of nitrogens with one attached hydrogen (secondary N) is 1.